The zero-order valence-corrected chi connectivity index (χ0v) is 18.5. The molecule has 0 aliphatic heterocycles. The van der Waals surface area contributed by atoms with Crippen LogP contribution in [0.15, 0.2) is 0 Å². The van der Waals surface area contributed by atoms with Crippen molar-refractivity contribution in [3.8, 4) is 0 Å². The number of unbranched alkanes of at least 4 members (excludes halogenated alkanes) is 8. The van der Waals surface area contributed by atoms with Crippen LogP contribution in [0.1, 0.15) is 97.3 Å². The fraction of sp³-hybridized carbons (Fsp3) is 1.00. The smallest absolute Gasteiger partial charge is 0.0466 e. The van der Waals surface area contributed by atoms with E-state index in [9.17, 15) is 0 Å². The molecule has 0 fully saturated rings. The Kier molecular flexibility index (Phi) is 25.7. The van der Waals surface area contributed by atoms with Crippen molar-refractivity contribution >= 4 is 0 Å². The Morgan fingerprint density at radius 1 is 0.296 bits per heavy atom. The molecule has 0 saturated heterocycles. The summed E-state index contributed by atoms with van der Waals surface area (Å²) in [5.41, 5.74) is 0. The van der Waals surface area contributed by atoms with E-state index in [1.165, 1.54) is 44.9 Å². The molecule has 0 heterocycles. The summed E-state index contributed by atoms with van der Waals surface area (Å²) in [6.07, 6.45) is 15.5. The van der Waals surface area contributed by atoms with Crippen molar-refractivity contribution in [2.45, 2.75) is 97.3 Å². The highest BCUT2D eigenvalue weighted by molar-refractivity contribution is 4.44. The molecular weight excluding hydrogens is 340 g/mol. The fourth-order valence-electron chi connectivity index (χ4n) is 2.72. The van der Waals surface area contributed by atoms with Crippen molar-refractivity contribution in [3.05, 3.63) is 0 Å². The number of rotatable bonds is 24. The minimum absolute atomic E-state index is 0.854. The second kappa shape index (κ2) is 25.8. The molecule has 164 valence electrons. The largest absolute Gasteiger partial charge is 0.381 e. The quantitative estimate of drug-likeness (QED) is 0.185. The van der Waals surface area contributed by atoms with Crippen LogP contribution < -0.4 is 0 Å². The molecule has 4 heteroatoms. The van der Waals surface area contributed by atoms with Gasteiger partial charge in [-0.3, -0.25) is 0 Å². The van der Waals surface area contributed by atoms with Gasteiger partial charge in [-0.15, -0.1) is 0 Å². The van der Waals surface area contributed by atoms with Gasteiger partial charge in [0.2, 0.25) is 0 Å². The van der Waals surface area contributed by atoms with E-state index in [2.05, 4.69) is 13.8 Å². The van der Waals surface area contributed by atoms with Crippen molar-refractivity contribution in [3.63, 3.8) is 0 Å². The molecule has 0 bridgehead atoms. The van der Waals surface area contributed by atoms with Gasteiger partial charge in [-0.05, 0) is 51.4 Å². The maximum atomic E-state index is 5.67. The predicted molar refractivity (Wildman–Crippen MR) is 115 cm³/mol. The first-order valence-electron chi connectivity index (χ1n) is 11.7. The average molecular weight is 389 g/mol. The van der Waals surface area contributed by atoms with Gasteiger partial charge in [0.15, 0.2) is 0 Å². The van der Waals surface area contributed by atoms with Crippen LogP contribution in [0.2, 0.25) is 0 Å². The summed E-state index contributed by atoms with van der Waals surface area (Å²) in [4.78, 5) is 0. The highest BCUT2D eigenvalue weighted by Crippen LogP contribution is 2.01. The minimum atomic E-state index is 0.854. The van der Waals surface area contributed by atoms with Crippen LogP contribution in [0.5, 0.6) is 0 Å². The van der Waals surface area contributed by atoms with Crippen LogP contribution in [0.25, 0.3) is 0 Å². The topological polar surface area (TPSA) is 36.9 Å². The van der Waals surface area contributed by atoms with E-state index in [1.807, 2.05) is 0 Å². The lowest BCUT2D eigenvalue weighted by atomic mass is 10.2. The van der Waals surface area contributed by atoms with Crippen LogP contribution in [0.3, 0.4) is 0 Å². The highest BCUT2D eigenvalue weighted by Gasteiger charge is 1.95. The normalized spacial score (nSPS) is 11.3. The Hall–Kier alpha value is -0.160. The van der Waals surface area contributed by atoms with Crippen LogP contribution >= 0.6 is 0 Å². The zero-order chi connectivity index (χ0) is 19.7. The standard InChI is InChI=1S/C23H48O4/c1-3-5-7-9-17-25-19-11-13-21-27-23-15-14-22-26-20-12-10-18-24-16-8-6-4-2/h3-23H2,1-2H3. The summed E-state index contributed by atoms with van der Waals surface area (Å²) in [5, 5.41) is 0. The molecule has 0 amide bonds. The van der Waals surface area contributed by atoms with Crippen molar-refractivity contribution in [2.24, 2.45) is 0 Å². The summed E-state index contributed by atoms with van der Waals surface area (Å²) in [5.74, 6) is 0. The average Bonchev–Trinajstić information content (AvgIpc) is 2.68. The van der Waals surface area contributed by atoms with E-state index >= 15 is 0 Å². The van der Waals surface area contributed by atoms with Gasteiger partial charge in [0.1, 0.15) is 0 Å². The van der Waals surface area contributed by atoms with E-state index in [4.69, 9.17) is 18.9 Å². The van der Waals surface area contributed by atoms with Gasteiger partial charge in [-0.2, -0.15) is 0 Å². The first kappa shape index (κ1) is 26.8. The molecule has 0 radical (unpaired) electrons. The first-order valence-corrected chi connectivity index (χ1v) is 11.7. The third-order valence-electron chi connectivity index (χ3n) is 4.52. The first-order chi connectivity index (χ1) is 13.4. The molecule has 0 unspecified atom stereocenters. The second-order valence-corrected chi connectivity index (χ2v) is 7.34. The van der Waals surface area contributed by atoms with Gasteiger partial charge in [0, 0.05) is 52.9 Å². The lowest BCUT2D eigenvalue weighted by Gasteiger charge is -2.07. The van der Waals surface area contributed by atoms with Gasteiger partial charge in [0.05, 0.1) is 0 Å². The van der Waals surface area contributed by atoms with Gasteiger partial charge in [-0.1, -0.05) is 46.0 Å². The molecule has 0 atom stereocenters. The van der Waals surface area contributed by atoms with Crippen LogP contribution in [-0.2, 0) is 18.9 Å². The summed E-state index contributed by atoms with van der Waals surface area (Å²) in [6, 6.07) is 0. The van der Waals surface area contributed by atoms with E-state index < -0.39 is 0 Å². The van der Waals surface area contributed by atoms with E-state index in [-0.39, 0.29) is 0 Å². The Labute approximate surface area is 169 Å². The van der Waals surface area contributed by atoms with Crippen LogP contribution in [0.4, 0.5) is 0 Å². The molecule has 27 heavy (non-hydrogen) atoms. The molecule has 0 aliphatic carbocycles. The number of ether oxygens (including phenoxy) is 4. The molecular formula is C23H48O4. The Morgan fingerprint density at radius 3 is 0.815 bits per heavy atom. The third kappa shape index (κ3) is 25.8. The molecule has 0 aromatic rings. The van der Waals surface area contributed by atoms with Crippen molar-refractivity contribution in [2.75, 3.05) is 52.9 Å². The molecule has 0 rings (SSSR count). The van der Waals surface area contributed by atoms with E-state index in [0.717, 1.165) is 91.4 Å². The second-order valence-electron chi connectivity index (χ2n) is 7.34. The Balaban J connectivity index is 2.95. The van der Waals surface area contributed by atoms with Crippen molar-refractivity contribution < 1.29 is 18.9 Å². The van der Waals surface area contributed by atoms with E-state index in [1.54, 1.807) is 0 Å². The van der Waals surface area contributed by atoms with Gasteiger partial charge >= 0.3 is 0 Å². The molecule has 0 aromatic carbocycles. The monoisotopic (exact) mass is 388 g/mol. The van der Waals surface area contributed by atoms with E-state index in [0.29, 0.717) is 0 Å². The molecule has 0 aliphatic rings. The molecule has 0 saturated carbocycles. The maximum Gasteiger partial charge on any atom is 0.0466 e. The van der Waals surface area contributed by atoms with Gasteiger partial charge in [-0.25, -0.2) is 0 Å². The summed E-state index contributed by atoms with van der Waals surface area (Å²) in [7, 11) is 0. The lowest BCUT2D eigenvalue weighted by molar-refractivity contribution is 0.0842. The Morgan fingerprint density at radius 2 is 0.519 bits per heavy atom. The predicted octanol–water partition coefficient (Wildman–Crippen LogP) is 6.16. The highest BCUT2D eigenvalue weighted by atomic mass is 16.5. The third-order valence-corrected chi connectivity index (χ3v) is 4.52. The number of hydrogen-bond acceptors (Lipinski definition) is 4. The van der Waals surface area contributed by atoms with Gasteiger partial charge in [0.25, 0.3) is 0 Å². The molecule has 0 N–H and O–H groups in total. The number of hydrogen-bond donors (Lipinski definition) is 0. The molecule has 0 aromatic heterocycles. The summed E-state index contributed by atoms with van der Waals surface area (Å²) < 4.78 is 22.5. The van der Waals surface area contributed by atoms with Crippen molar-refractivity contribution in [1.82, 2.24) is 0 Å². The maximum absolute atomic E-state index is 5.67. The summed E-state index contributed by atoms with van der Waals surface area (Å²) >= 11 is 0. The molecule has 4 nitrogen and oxygen atoms in total. The fourth-order valence-corrected chi connectivity index (χ4v) is 2.72. The van der Waals surface area contributed by atoms with Gasteiger partial charge < -0.3 is 18.9 Å². The lowest BCUT2D eigenvalue weighted by Crippen LogP contribution is -2.03. The van der Waals surface area contributed by atoms with Crippen LogP contribution in [-0.4, -0.2) is 52.9 Å². The summed E-state index contributed by atoms with van der Waals surface area (Å²) in [6.45, 7) is 11.5. The molecule has 0 spiro atoms. The van der Waals surface area contributed by atoms with Crippen molar-refractivity contribution in [1.29, 1.82) is 0 Å². The Bertz CT molecular complexity index is 225. The minimum Gasteiger partial charge on any atom is -0.381 e. The SMILES string of the molecule is CCCCCCOCCCCOCCCCOCCCCOCCCCC. The zero-order valence-electron chi connectivity index (χ0n) is 18.5. The van der Waals surface area contributed by atoms with Crippen LogP contribution in [0, 0.1) is 0 Å².